The van der Waals surface area contributed by atoms with Gasteiger partial charge >= 0.3 is 0 Å². The Morgan fingerprint density at radius 2 is 1.77 bits per heavy atom. The molecule has 0 bridgehead atoms. The number of rotatable bonds is 1. The van der Waals surface area contributed by atoms with Crippen molar-refractivity contribution in [3.8, 4) is 11.3 Å². The molecule has 13 heavy (non-hydrogen) atoms. The topological polar surface area (TPSA) is 26.0 Å². The summed E-state index contributed by atoms with van der Waals surface area (Å²) in [5.74, 6) is 0. The Balaban J connectivity index is 2.64. The molecule has 1 aromatic heterocycles. The van der Waals surface area contributed by atoms with Crippen LogP contribution in [0.15, 0.2) is 35.1 Å². The van der Waals surface area contributed by atoms with Crippen LogP contribution in [0.4, 0.5) is 0 Å². The maximum Gasteiger partial charge on any atom is 0.124 e. The van der Waals surface area contributed by atoms with E-state index in [4.69, 9.17) is 27.7 Å². The van der Waals surface area contributed by atoms with E-state index in [0.717, 1.165) is 0 Å². The predicted octanol–water partition coefficient (Wildman–Crippen LogP) is 3.65. The van der Waals surface area contributed by atoms with E-state index in [1.807, 2.05) is 0 Å². The molecule has 0 saturated heterocycles. The van der Waals surface area contributed by atoms with Crippen molar-refractivity contribution >= 4 is 23.2 Å². The lowest BCUT2D eigenvalue weighted by atomic mass is 10.1. The van der Waals surface area contributed by atoms with E-state index < -0.39 is 0 Å². The van der Waals surface area contributed by atoms with Crippen LogP contribution in [-0.2, 0) is 0 Å². The lowest BCUT2D eigenvalue weighted by Gasteiger charge is -2.01. The molecule has 0 saturated carbocycles. The average Bonchev–Trinajstić information content (AvgIpc) is 2.57. The fourth-order valence-corrected chi connectivity index (χ4v) is 1.68. The molecule has 1 heterocycles. The quantitative estimate of drug-likeness (QED) is 0.723. The second-order valence-corrected chi connectivity index (χ2v) is 3.30. The standard InChI is InChI=1S/C9H5Cl2NO/c10-6-2-1-3-7(11)9(6)8-4-5-13-12-8/h1-5H. The Morgan fingerprint density at radius 3 is 2.31 bits per heavy atom. The van der Waals surface area contributed by atoms with Gasteiger partial charge in [0.25, 0.3) is 0 Å². The maximum atomic E-state index is 5.95. The molecule has 0 aliphatic rings. The molecule has 0 N–H and O–H groups in total. The zero-order chi connectivity index (χ0) is 9.26. The van der Waals surface area contributed by atoms with E-state index in [9.17, 15) is 0 Å². The second kappa shape index (κ2) is 3.40. The molecule has 0 spiro atoms. The van der Waals surface area contributed by atoms with Crippen LogP contribution in [-0.4, -0.2) is 5.16 Å². The summed E-state index contributed by atoms with van der Waals surface area (Å²) in [6.45, 7) is 0. The van der Waals surface area contributed by atoms with Gasteiger partial charge in [-0.25, -0.2) is 0 Å². The van der Waals surface area contributed by atoms with Gasteiger partial charge in [-0.1, -0.05) is 34.4 Å². The number of aromatic nitrogens is 1. The monoisotopic (exact) mass is 213 g/mol. The highest BCUT2D eigenvalue weighted by atomic mass is 35.5. The first kappa shape index (κ1) is 8.60. The van der Waals surface area contributed by atoms with Crippen molar-refractivity contribution in [3.63, 3.8) is 0 Å². The molecule has 0 radical (unpaired) electrons. The lowest BCUT2D eigenvalue weighted by molar-refractivity contribution is 0.422. The minimum Gasteiger partial charge on any atom is -0.364 e. The van der Waals surface area contributed by atoms with Crippen LogP contribution >= 0.6 is 23.2 Å². The molecule has 0 aliphatic carbocycles. The average molecular weight is 214 g/mol. The van der Waals surface area contributed by atoms with Crippen molar-refractivity contribution in [1.82, 2.24) is 5.16 Å². The molecule has 0 fully saturated rings. The van der Waals surface area contributed by atoms with Crippen LogP contribution in [0.5, 0.6) is 0 Å². The van der Waals surface area contributed by atoms with Crippen molar-refractivity contribution in [3.05, 3.63) is 40.6 Å². The Morgan fingerprint density at radius 1 is 1.08 bits per heavy atom. The fourth-order valence-electron chi connectivity index (χ4n) is 1.08. The highest BCUT2D eigenvalue weighted by Crippen LogP contribution is 2.33. The third-order valence-electron chi connectivity index (χ3n) is 1.66. The summed E-state index contributed by atoms with van der Waals surface area (Å²) in [5, 5.41) is 4.91. The summed E-state index contributed by atoms with van der Waals surface area (Å²) in [4.78, 5) is 0. The van der Waals surface area contributed by atoms with Gasteiger partial charge in [0.05, 0.1) is 10.0 Å². The van der Waals surface area contributed by atoms with Gasteiger partial charge in [-0.3, -0.25) is 0 Å². The number of hydrogen-bond donors (Lipinski definition) is 0. The zero-order valence-electron chi connectivity index (χ0n) is 6.50. The third-order valence-corrected chi connectivity index (χ3v) is 2.29. The number of hydrogen-bond acceptors (Lipinski definition) is 2. The highest BCUT2D eigenvalue weighted by Gasteiger charge is 2.09. The number of nitrogens with zero attached hydrogens (tertiary/aromatic N) is 1. The van der Waals surface area contributed by atoms with Crippen molar-refractivity contribution < 1.29 is 4.52 Å². The van der Waals surface area contributed by atoms with E-state index >= 15 is 0 Å². The van der Waals surface area contributed by atoms with E-state index in [0.29, 0.717) is 21.3 Å². The minimum atomic E-state index is 0.571. The SMILES string of the molecule is Clc1cccc(Cl)c1-c1ccon1. The Kier molecular flexibility index (Phi) is 2.25. The van der Waals surface area contributed by atoms with E-state index in [1.165, 1.54) is 6.26 Å². The molecular weight excluding hydrogens is 209 g/mol. The van der Waals surface area contributed by atoms with Crippen LogP contribution in [0.3, 0.4) is 0 Å². The van der Waals surface area contributed by atoms with E-state index in [1.54, 1.807) is 24.3 Å². The van der Waals surface area contributed by atoms with Gasteiger partial charge in [-0.2, -0.15) is 0 Å². The summed E-state index contributed by atoms with van der Waals surface area (Å²) in [6, 6.07) is 7.02. The first-order chi connectivity index (χ1) is 6.29. The van der Waals surface area contributed by atoms with Gasteiger partial charge in [0, 0.05) is 11.6 Å². The largest absolute Gasteiger partial charge is 0.364 e. The second-order valence-electron chi connectivity index (χ2n) is 2.48. The van der Waals surface area contributed by atoms with Gasteiger partial charge in [-0.15, -0.1) is 0 Å². The summed E-state index contributed by atoms with van der Waals surface area (Å²) in [7, 11) is 0. The maximum absolute atomic E-state index is 5.95. The first-order valence-corrected chi connectivity index (χ1v) is 4.39. The molecule has 2 aromatic rings. The molecule has 0 unspecified atom stereocenters. The molecule has 0 aliphatic heterocycles. The molecule has 4 heteroatoms. The van der Waals surface area contributed by atoms with Crippen molar-refractivity contribution in [1.29, 1.82) is 0 Å². The van der Waals surface area contributed by atoms with E-state index in [-0.39, 0.29) is 0 Å². The van der Waals surface area contributed by atoms with Gasteiger partial charge in [0.2, 0.25) is 0 Å². The summed E-state index contributed by atoms with van der Waals surface area (Å²) in [6.07, 6.45) is 1.48. The van der Waals surface area contributed by atoms with Crippen molar-refractivity contribution in [2.75, 3.05) is 0 Å². The highest BCUT2D eigenvalue weighted by molar-refractivity contribution is 6.39. The summed E-state index contributed by atoms with van der Waals surface area (Å²) < 4.78 is 4.71. The molecule has 0 atom stereocenters. The summed E-state index contributed by atoms with van der Waals surface area (Å²) >= 11 is 11.9. The van der Waals surface area contributed by atoms with Gasteiger partial charge in [-0.05, 0) is 12.1 Å². The van der Waals surface area contributed by atoms with Crippen molar-refractivity contribution in [2.24, 2.45) is 0 Å². The molecule has 1 aromatic carbocycles. The first-order valence-electron chi connectivity index (χ1n) is 3.64. The molecular formula is C9H5Cl2NO. The Hall–Kier alpha value is -0.990. The summed E-state index contributed by atoms with van der Waals surface area (Å²) in [5.41, 5.74) is 1.36. The van der Waals surface area contributed by atoms with E-state index in [2.05, 4.69) is 5.16 Å². The fraction of sp³-hybridized carbons (Fsp3) is 0. The lowest BCUT2D eigenvalue weighted by Crippen LogP contribution is -1.80. The Bertz CT molecular complexity index is 391. The van der Waals surface area contributed by atoms with Crippen LogP contribution < -0.4 is 0 Å². The van der Waals surface area contributed by atoms with Gasteiger partial charge < -0.3 is 4.52 Å². The number of halogens is 2. The molecule has 0 amide bonds. The van der Waals surface area contributed by atoms with Crippen LogP contribution in [0.2, 0.25) is 10.0 Å². The molecule has 2 nitrogen and oxygen atoms in total. The van der Waals surface area contributed by atoms with Gasteiger partial charge in [0.15, 0.2) is 0 Å². The minimum absolute atomic E-state index is 0.571. The third kappa shape index (κ3) is 1.55. The van der Waals surface area contributed by atoms with Crippen molar-refractivity contribution in [2.45, 2.75) is 0 Å². The smallest absolute Gasteiger partial charge is 0.124 e. The molecule has 66 valence electrons. The van der Waals surface area contributed by atoms with Crippen LogP contribution in [0.1, 0.15) is 0 Å². The zero-order valence-corrected chi connectivity index (χ0v) is 8.01. The normalized spacial score (nSPS) is 10.3. The Labute approximate surface area is 85.1 Å². The molecule has 2 rings (SSSR count). The van der Waals surface area contributed by atoms with Crippen LogP contribution in [0.25, 0.3) is 11.3 Å². The number of benzene rings is 1. The van der Waals surface area contributed by atoms with Crippen LogP contribution in [0, 0.1) is 0 Å². The van der Waals surface area contributed by atoms with Gasteiger partial charge in [0.1, 0.15) is 12.0 Å². The predicted molar refractivity (Wildman–Crippen MR) is 52.0 cm³/mol.